The highest BCUT2D eigenvalue weighted by molar-refractivity contribution is 7.16. The highest BCUT2D eigenvalue weighted by atomic mass is 35.5. The van der Waals surface area contributed by atoms with E-state index < -0.39 is 0 Å². The molecule has 0 saturated carbocycles. The van der Waals surface area contributed by atoms with Crippen molar-refractivity contribution in [3.63, 3.8) is 0 Å². The van der Waals surface area contributed by atoms with Crippen molar-refractivity contribution in [2.75, 3.05) is 11.9 Å². The first-order valence-electron chi connectivity index (χ1n) is 5.32. The highest BCUT2D eigenvalue weighted by Gasteiger charge is 2.13. The van der Waals surface area contributed by atoms with Crippen LogP contribution in [0.4, 0.5) is 5.13 Å². The van der Waals surface area contributed by atoms with Crippen LogP contribution in [-0.2, 0) is 13.2 Å². The Morgan fingerprint density at radius 1 is 1.33 bits per heavy atom. The van der Waals surface area contributed by atoms with Crippen molar-refractivity contribution in [2.45, 2.75) is 13.2 Å². The summed E-state index contributed by atoms with van der Waals surface area (Å²) in [5, 5.41) is 11.0. The van der Waals surface area contributed by atoms with Crippen LogP contribution in [0.2, 0.25) is 10.2 Å². The van der Waals surface area contributed by atoms with Gasteiger partial charge in [-0.25, -0.2) is 4.98 Å². The molecular weight excluding hydrogens is 291 g/mol. The van der Waals surface area contributed by atoms with Gasteiger partial charge in [0.2, 0.25) is 0 Å². The number of rotatable bonds is 4. The van der Waals surface area contributed by atoms with Crippen LogP contribution in [-0.4, -0.2) is 17.1 Å². The quantitative estimate of drug-likeness (QED) is 0.938. The molecule has 0 fully saturated rings. The van der Waals surface area contributed by atoms with Crippen molar-refractivity contribution in [3.8, 4) is 0 Å². The molecule has 0 bridgehead atoms. The zero-order valence-electron chi connectivity index (χ0n) is 9.73. The van der Waals surface area contributed by atoms with E-state index in [1.54, 1.807) is 0 Å². The monoisotopic (exact) mass is 302 g/mol. The predicted molar refractivity (Wildman–Crippen MR) is 76.6 cm³/mol. The Balaban J connectivity index is 2.16. The molecule has 2 rings (SSSR count). The minimum atomic E-state index is -0.0869. The van der Waals surface area contributed by atoms with E-state index in [1.165, 1.54) is 11.3 Å². The van der Waals surface area contributed by atoms with E-state index in [-0.39, 0.29) is 6.61 Å². The molecule has 1 aromatic heterocycles. The number of benzene rings is 1. The SMILES string of the molecule is CN(Cc1ccccc1Cl)c1nc(Cl)c(CO)s1. The maximum atomic E-state index is 9.09. The zero-order chi connectivity index (χ0) is 13.1. The first-order valence-corrected chi connectivity index (χ1v) is 6.89. The molecule has 1 N–H and O–H groups in total. The molecule has 0 atom stereocenters. The van der Waals surface area contributed by atoms with Crippen molar-refractivity contribution in [3.05, 3.63) is 44.9 Å². The molecule has 0 aliphatic rings. The van der Waals surface area contributed by atoms with Gasteiger partial charge in [0, 0.05) is 18.6 Å². The number of thiazole rings is 1. The van der Waals surface area contributed by atoms with Gasteiger partial charge in [-0.1, -0.05) is 52.7 Å². The van der Waals surface area contributed by atoms with Gasteiger partial charge in [0.25, 0.3) is 0 Å². The molecule has 96 valence electrons. The fraction of sp³-hybridized carbons (Fsp3) is 0.250. The third-order valence-corrected chi connectivity index (χ3v) is 4.42. The number of aromatic nitrogens is 1. The lowest BCUT2D eigenvalue weighted by Gasteiger charge is -2.16. The van der Waals surface area contributed by atoms with E-state index in [2.05, 4.69) is 4.98 Å². The molecule has 3 nitrogen and oxygen atoms in total. The Kier molecular flexibility index (Phi) is 4.45. The third-order valence-electron chi connectivity index (χ3n) is 2.47. The second kappa shape index (κ2) is 5.89. The van der Waals surface area contributed by atoms with Crippen LogP contribution in [0.3, 0.4) is 0 Å². The average Bonchev–Trinajstić information content (AvgIpc) is 2.73. The summed E-state index contributed by atoms with van der Waals surface area (Å²) < 4.78 is 0. The van der Waals surface area contributed by atoms with Crippen LogP contribution in [0.5, 0.6) is 0 Å². The molecule has 6 heteroatoms. The number of aliphatic hydroxyl groups is 1. The second-order valence-electron chi connectivity index (χ2n) is 3.82. The summed E-state index contributed by atoms with van der Waals surface area (Å²) in [4.78, 5) is 6.85. The van der Waals surface area contributed by atoms with E-state index in [0.717, 1.165) is 15.7 Å². The van der Waals surface area contributed by atoms with Crippen molar-refractivity contribution in [1.82, 2.24) is 4.98 Å². The van der Waals surface area contributed by atoms with Crippen molar-refractivity contribution in [1.29, 1.82) is 0 Å². The zero-order valence-corrected chi connectivity index (χ0v) is 12.1. The van der Waals surface area contributed by atoms with Crippen molar-refractivity contribution in [2.24, 2.45) is 0 Å². The van der Waals surface area contributed by atoms with Crippen LogP contribution >= 0.6 is 34.5 Å². The van der Waals surface area contributed by atoms with Gasteiger partial charge < -0.3 is 10.0 Å². The molecule has 1 aromatic carbocycles. The van der Waals surface area contributed by atoms with Gasteiger partial charge in [0.15, 0.2) is 5.13 Å². The summed E-state index contributed by atoms with van der Waals surface area (Å²) >= 11 is 13.4. The Morgan fingerprint density at radius 2 is 2.06 bits per heavy atom. The van der Waals surface area contributed by atoms with Gasteiger partial charge >= 0.3 is 0 Å². The first-order chi connectivity index (χ1) is 8.61. The number of aliphatic hydroxyl groups excluding tert-OH is 1. The molecule has 0 unspecified atom stereocenters. The Labute approximate surface area is 120 Å². The highest BCUT2D eigenvalue weighted by Crippen LogP contribution is 2.30. The number of halogens is 2. The number of hydrogen-bond donors (Lipinski definition) is 1. The maximum absolute atomic E-state index is 9.09. The Hall–Kier alpha value is -0.810. The van der Waals surface area contributed by atoms with E-state index in [0.29, 0.717) is 16.6 Å². The van der Waals surface area contributed by atoms with E-state index in [1.807, 2.05) is 36.2 Å². The van der Waals surface area contributed by atoms with Crippen LogP contribution in [0.25, 0.3) is 0 Å². The standard InChI is InChI=1S/C12H12Cl2N2OS/c1-16(6-8-4-2-3-5-9(8)13)12-15-11(14)10(7-17)18-12/h2-5,17H,6-7H2,1H3. The molecular formula is C12H12Cl2N2OS. The van der Waals surface area contributed by atoms with Gasteiger partial charge in [0.05, 0.1) is 11.5 Å². The number of nitrogens with zero attached hydrogens (tertiary/aromatic N) is 2. The normalized spacial score (nSPS) is 10.7. The molecule has 0 aliphatic heterocycles. The van der Waals surface area contributed by atoms with Crippen molar-refractivity contribution >= 4 is 39.7 Å². The molecule has 2 aromatic rings. The van der Waals surface area contributed by atoms with Gasteiger partial charge in [-0.2, -0.15) is 0 Å². The van der Waals surface area contributed by atoms with Crippen LogP contribution < -0.4 is 4.90 Å². The Bertz CT molecular complexity index is 545. The van der Waals surface area contributed by atoms with Crippen LogP contribution in [0.15, 0.2) is 24.3 Å². The maximum Gasteiger partial charge on any atom is 0.187 e. The summed E-state index contributed by atoms with van der Waals surface area (Å²) in [7, 11) is 1.92. The average molecular weight is 303 g/mol. The van der Waals surface area contributed by atoms with E-state index >= 15 is 0 Å². The fourth-order valence-corrected chi connectivity index (χ4v) is 2.81. The van der Waals surface area contributed by atoms with Gasteiger partial charge in [-0.15, -0.1) is 0 Å². The third kappa shape index (κ3) is 2.95. The summed E-state index contributed by atoms with van der Waals surface area (Å²) in [6, 6.07) is 7.68. The molecule has 0 saturated heterocycles. The van der Waals surface area contributed by atoms with Crippen LogP contribution in [0.1, 0.15) is 10.4 Å². The minimum absolute atomic E-state index is 0.0869. The summed E-state index contributed by atoms with van der Waals surface area (Å²) in [6.45, 7) is 0.560. The smallest absolute Gasteiger partial charge is 0.187 e. The molecule has 0 aliphatic carbocycles. The summed E-state index contributed by atoms with van der Waals surface area (Å²) in [5.74, 6) is 0. The van der Waals surface area contributed by atoms with E-state index in [4.69, 9.17) is 28.3 Å². The molecule has 0 radical (unpaired) electrons. The lowest BCUT2D eigenvalue weighted by Crippen LogP contribution is -2.16. The van der Waals surface area contributed by atoms with Gasteiger partial charge in [-0.05, 0) is 11.6 Å². The second-order valence-corrected chi connectivity index (χ2v) is 5.64. The lowest BCUT2D eigenvalue weighted by atomic mass is 10.2. The fourth-order valence-electron chi connectivity index (χ4n) is 1.53. The molecule has 0 amide bonds. The topological polar surface area (TPSA) is 36.4 Å². The largest absolute Gasteiger partial charge is 0.391 e. The van der Waals surface area contributed by atoms with Crippen LogP contribution in [0, 0.1) is 0 Å². The molecule has 0 spiro atoms. The molecule has 18 heavy (non-hydrogen) atoms. The Morgan fingerprint density at radius 3 is 2.67 bits per heavy atom. The lowest BCUT2D eigenvalue weighted by molar-refractivity contribution is 0.285. The molecule has 1 heterocycles. The number of anilines is 1. The van der Waals surface area contributed by atoms with Gasteiger partial charge in [-0.3, -0.25) is 0 Å². The van der Waals surface area contributed by atoms with E-state index in [9.17, 15) is 0 Å². The number of hydrogen-bond acceptors (Lipinski definition) is 4. The van der Waals surface area contributed by atoms with Gasteiger partial charge in [0.1, 0.15) is 5.15 Å². The summed E-state index contributed by atoms with van der Waals surface area (Å²) in [6.07, 6.45) is 0. The predicted octanol–water partition coefficient (Wildman–Crippen LogP) is 3.58. The summed E-state index contributed by atoms with van der Waals surface area (Å²) in [5.41, 5.74) is 1.03. The minimum Gasteiger partial charge on any atom is -0.391 e. The first kappa shape index (κ1) is 13.6. The van der Waals surface area contributed by atoms with Crippen molar-refractivity contribution < 1.29 is 5.11 Å².